The highest BCUT2D eigenvalue weighted by atomic mass is 16.7. The minimum atomic E-state index is -1.93. The quantitative estimate of drug-likeness (QED) is 0.0228. The first-order chi connectivity index (χ1) is 37.6. The van der Waals surface area contributed by atoms with Gasteiger partial charge in [0.1, 0.15) is 18.8 Å². The van der Waals surface area contributed by atoms with Gasteiger partial charge in [-0.3, -0.25) is 14.4 Å². The van der Waals surface area contributed by atoms with Crippen LogP contribution in [0.5, 0.6) is 0 Å². The molecule has 0 bridgehead atoms. The van der Waals surface area contributed by atoms with Gasteiger partial charge in [0.05, 0.1) is 6.61 Å². The van der Waals surface area contributed by atoms with E-state index in [9.17, 15) is 34.5 Å². The Bertz CT molecular complexity index is 1620. The first-order valence-electron chi connectivity index (χ1n) is 30.9. The molecule has 442 valence electrons. The summed E-state index contributed by atoms with van der Waals surface area (Å²) in [5, 5.41) is 31.5. The monoisotopic (exact) mass is 1080 g/mol. The van der Waals surface area contributed by atoms with Crippen LogP contribution in [0.2, 0.25) is 0 Å². The molecular weight excluding hydrogens is 973 g/mol. The molecule has 0 amide bonds. The lowest BCUT2D eigenvalue weighted by atomic mass is 9.98. The summed E-state index contributed by atoms with van der Waals surface area (Å²) in [6.07, 6.45) is 54.6. The molecule has 1 aliphatic rings. The van der Waals surface area contributed by atoms with Crippen LogP contribution in [-0.2, 0) is 42.9 Å². The molecule has 3 N–H and O–H groups in total. The van der Waals surface area contributed by atoms with E-state index in [1.54, 1.807) is 0 Å². The number of esters is 3. The predicted octanol–water partition coefficient (Wildman–Crippen LogP) is 16.1. The smallest absolute Gasteiger partial charge is 0.335 e. The zero-order chi connectivity index (χ0) is 56.1. The Morgan fingerprint density at radius 2 is 0.844 bits per heavy atom. The number of allylic oxidation sites excluding steroid dienone is 12. The zero-order valence-electron chi connectivity index (χ0n) is 48.7. The number of aliphatic hydroxyl groups excluding tert-OH is 2. The third-order valence-electron chi connectivity index (χ3n) is 13.8. The van der Waals surface area contributed by atoms with Gasteiger partial charge in [-0.2, -0.15) is 0 Å². The molecule has 6 atom stereocenters. The molecular formula is C65H110O12. The number of aliphatic carboxylic acids is 1. The standard InChI is InChI=1S/C65H110O12/c1-4-7-10-13-16-19-22-25-27-28-29-30-32-34-36-39-42-45-48-51-57(66)73-54-56(75-58(67)52-49-46-43-40-38-35-31-26-23-20-17-14-11-8-5-2)55-74-65-63(61(70)60(69)62(77-65)64(71)72)76-59(68)53-50-47-44-41-37-33-24-21-18-15-12-9-6-3/h9,12,16,18-19,21,25,27,33,37,44,47,56,60-63,65,69-70H,4-8,10-11,13-15,17,20,22-24,26,28-32,34-36,38-43,45-46,48-55H2,1-3H3,(H,71,72)/b12-9-,19-16-,21-18-,27-25-,37-33-,47-44-. The van der Waals surface area contributed by atoms with Crippen molar-refractivity contribution < 1.29 is 58.2 Å². The molecule has 0 radical (unpaired) electrons. The van der Waals surface area contributed by atoms with E-state index in [2.05, 4.69) is 75.5 Å². The molecule has 1 heterocycles. The van der Waals surface area contributed by atoms with Gasteiger partial charge in [0, 0.05) is 19.3 Å². The third kappa shape index (κ3) is 42.7. The second-order valence-electron chi connectivity index (χ2n) is 21.0. The van der Waals surface area contributed by atoms with Gasteiger partial charge in [-0.25, -0.2) is 4.79 Å². The minimum absolute atomic E-state index is 0.0611. The molecule has 0 spiro atoms. The Morgan fingerprint density at radius 3 is 1.32 bits per heavy atom. The van der Waals surface area contributed by atoms with Crippen molar-refractivity contribution in [1.82, 2.24) is 0 Å². The highest BCUT2D eigenvalue weighted by Crippen LogP contribution is 2.26. The zero-order valence-corrected chi connectivity index (χ0v) is 48.7. The summed E-state index contributed by atoms with van der Waals surface area (Å²) in [6, 6.07) is 0. The molecule has 1 saturated heterocycles. The molecule has 0 saturated carbocycles. The number of ether oxygens (including phenoxy) is 5. The number of hydrogen-bond acceptors (Lipinski definition) is 11. The van der Waals surface area contributed by atoms with Gasteiger partial charge in [0.25, 0.3) is 0 Å². The molecule has 6 unspecified atom stereocenters. The lowest BCUT2D eigenvalue weighted by molar-refractivity contribution is -0.301. The van der Waals surface area contributed by atoms with Gasteiger partial charge in [-0.15, -0.1) is 0 Å². The second-order valence-corrected chi connectivity index (χ2v) is 21.0. The van der Waals surface area contributed by atoms with E-state index in [0.717, 1.165) is 70.6 Å². The summed E-state index contributed by atoms with van der Waals surface area (Å²) in [5.74, 6) is -3.22. The maximum absolute atomic E-state index is 13.2. The van der Waals surface area contributed by atoms with Crippen molar-refractivity contribution in [2.75, 3.05) is 13.2 Å². The van der Waals surface area contributed by atoms with Crippen molar-refractivity contribution >= 4 is 23.9 Å². The van der Waals surface area contributed by atoms with E-state index >= 15 is 0 Å². The van der Waals surface area contributed by atoms with Crippen molar-refractivity contribution in [2.45, 2.75) is 302 Å². The van der Waals surface area contributed by atoms with Crippen LogP contribution in [0.25, 0.3) is 0 Å². The fraction of sp³-hybridized carbons (Fsp3) is 0.754. The van der Waals surface area contributed by atoms with E-state index in [-0.39, 0.29) is 25.9 Å². The molecule has 0 aliphatic carbocycles. The van der Waals surface area contributed by atoms with E-state index in [0.29, 0.717) is 25.7 Å². The minimum Gasteiger partial charge on any atom is -0.479 e. The summed E-state index contributed by atoms with van der Waals surface area (Å²) < 4.78 is 28.4. The maximum Gasteiger partial charge on any atom is 0.335 e. The van der Waals surface area contributed by atoms with Crippen LogP contribution >= 0.6 is 0 Å². The number of unbranched alkanes of at least 4 members (excludes halogenated alkanes) is 26. The SMILES string of the molecule is CC/C=C\C/C=C\C/C=C\C/C=C\CCC(=O)OC1C(OCC(COC(=O)CCCCCCCCCCC/C=C\C/C=C\CCCCC)OC(=O)CCCCCCCCCCCCCCCCC)OC(C(=O)O)C(O)C1O. The Balaban J connectivity index is 2.69. The third-order valence-corrected chi connectivity index (χ3v) is 13.8. The maximum atomic E-state index is 13.2. The molecule has 77 heavy (non-hydrogen) atoms. The second kappa shape index (κ2) is 52.8. The molecule has 1 rings (SSSR count). The van der Waals surface area contributed by atoms with Gasteiger partial charge in [0.15, 0.2) is 24.6 Å². The highest BCUT2D eigenvalue weighted by molar-refractivity contribution is 5.74. The normalized spacial score (nSPS) is 18.5. The first kappa shape index (κ1) is 71.2. The fourth-order valence-corrected chi connectivity index (χ4v) is 9.06. The van der Waals surface area contributed by atoms with Crippen LogP contribution in [0.4, 0.5) is 0 Å². The average molecular weight is 1080 g/mol. The summed E-state index contributed by atoms with van der Waals surface area (Å²) >= 11 is 0. The Hall–Kier alpha value is -3.84. The number of carboxylic acids is 1. The summed E-state index contributed by atoms with van der Waals surface area (Å²) in [4.78, 5) is 51.1. The topological polar surface area (TPSA) is 175 Å². The summed E-state index contributed by atoms with van der Waals surface area (Å²) in [5.41, 5.74) is 0. The lowest BCUT2D eigenvalue weighted by Gasteiger charge is -2.40. The average Bonchev–Trinajstić information content (AvgIpc) is 3.42. The largest absolute Gasteiger partial charge is 0.479 e. The van der Waals surface area contributed by atoms with Gasteiger partial charge in [-0.1, -0.05) is 241 Å². The molecule has 1 fully saturated rings. The number of rotatable bonds is 52. The van der Waals surface area contributed by atoms with Crippen molar-refractivity contribution in [3.63, 3.8) is 0 Å². The van der Waals surface area contributed by atoms with Gasteiger partial charge >= 0.3 is 23.9 Å². The Morgan fingerprint density at radius 1 is 0.442 bits per heavy atom. The van der Waals surface area contributed by atoms with E-state index < -0.39 is 67.3 Å². The Labute approximate surface area is 468 Å². The van der Waals surface area contributed by atoms with Crippen molar-refractivity contribution in [3.8, 4) is 0 Å². The van der Waals surface area contributed by atoms with Crippen molar-refractivity contribution in [3.05, 3.63) is 72.9 Å². The van der Waals surface area contributed by atoms with Crippen LogP contribution in [0, 0.1) is 0 Å². The summed E-state index contributed by atoms with van der Waals surface area (Å²) in [6.45, 7) is 5.83. The van der Waals surface area contributed by atoms with Gasteiger partial charge in [0.2, 0.25) is 0 Å². The van der Waals surface area contributed by atoms with Crippen LogP contribution in [0.15, 0.2) is 72.9 Å². The lowest BCUT2D eigenvalue weighted by Crippen LogP contribution is -2.61. The number of carbonyl (C=O) groups excluding carboxylic acids is 3. The van der Waals surface area contributed by atoms with E-state index in [4.69, 9.17) is 23.7 Å². The van der Waals surface area contributed by atoms with Crippen LogP contribution in [0.1, 0.15) is 265 Å². The number of hydrogen-bond donors (Lipinski definition) is 3. The predicted molar refractivity (Wildman–Crippen MR) is 312 cm³/mol. The van der Waals surface area contributed by atoms with Crippen LogP contribution < -0.4 is 0 Å². The fourth-order valence-electron chi connectivity index (χ4n) is 9.06. The van der Waals surface area contributed by atoms with Crippen molar-refractivity contribution in [1.29, 1.82) is 0 Å². The Kier molecular flexibility index (Phi) is 48.8. The van der Waals surface area contributed by atoms with Crippen LogP contribution in [-0.4, -0.2) is 89.2 Å². The molecule has 0 aromatic carbocycles. The molecule has 0 aromatic rings. The molecule has 1 aliphatic heterocycles. The van der Waals surface area contributed by atoms with E-state index in [1.807, 2.05) is 18.2 Å². The summed E-state index contributed by atoms with van der Waals surface area (Å²) in [7, 11) is 0. The van der Waals surface area contributed by atoms with Gasteiger partial charge in [-0.05, 0) is 77.0 Å². The first-order valence-corrected chi connectivity index (χ1v) is 30.9. The highest BCUT2D eigenvalue weighted by Gasteiger charge is 2.50. The number of carboxylic acid groups (broad SMARTS) is 1. The van der Waals surface area contributed by atoms with Crippen LogP contribution in [0.3, 0.4) is 0 Å². The van der Waals surface area contributed by atoms with Crippen molar-refractivity contribution in [2.24, 2.45) is 0 Å². The van der Waals surface area contributed by atoms with Gasteiger partial charge < -0.3 is 39.0 Å². The number of aliphatic hydroxyl groups is 2. The molecule has 0 aromatic heterocycles. The number of carbonyl (C=O) groups is 4. The molecule has 12 heteroatoms. The molecule has 12 nitrogen and oxygen atoms in total. The van der Waals surface area contributed by atoms with E-state index in [1.165, 1.54) is 128 Å².